The van der Waals surface area contributed by atoms with Gasteiger partial charge in [0.1, 0.15) is 5.82 Å². The van der Waals surface area contributed by atoms with Gasteiger partial charge in [0, 0.05) is 12.2 Å². The molecule has 0 bridgehead atoms. The summed E-state index contributed by atoms with van der Waals surface area (Å²) in [5.74, 6) is 0.571. The second kappa shape index (κ2) is 6.44. The van der Waals surface area contributed by atoms with Crippen molar-refractivity contribution in [2.45, 2.75) is 24.7 Å². The fraction of sp³-hybridized carbons (Fsp3) is 0.267. The van der Waals surface area contributed by atoms with Crippen LogP contribution in [0.4, 0.5) is 17.3 Å². The highest BCUT2D eigenvalue weighted by molar-refractivity contribution is 7.92. The fourth-order valence-electron chi connectivity index (χ4n) is 2.30. The monoisotopic (exact) mass is 347 g/mol. The number of amides is 1. The highest BCUT2D eigenvalue weighted by Crippen LogP contribution is 2.26. The molecule has 1 aliphatic heterocycles. The van der Waals surface area contributed by atoms with Gasteiger partial charge in [0.25, 0.3) is 10.0 Å². The number of fused-ring (bicyclic) bond motifs is 1. The summed E-state index contributed by atoms with van der Waals surface area (Å²) in [6.07, 6.45) is 1.13. The number of aromatic nitrogens is 2. The summed E-state index contributed by atoms with van der Waals surface area (Å²) in [5, 5.41) is 13.5. The van der Waals surface area contributed by atoms with Crippen molar-refractivity contribution in [2.75, 3.05) is 21.9 Å². The van der Waals surface area contributed by atoms with Crippen molar-refractivity contribution in [2.24, 2.45) is 0 Å². The number of rotatable bonds is 6. The van der Waals surface area contributed by atoms with E-state index >= 15 is 0 Å². The van der Waals surface area contributed by atoms with E-state index in [-0.39, 0.29) is 23.0 Å². The molecule has 0 unspecified atom stereocenters. The molecule has 9 heteroatoms. The Kier molecular flexibility index (Phi) is 4.34. The zero-order valence-electron chi connectivity index (χ0n) is 13.0. The number of nitrogens with zero attached hydrogens (tertiary/aromatic N) is 2. The summed E-state index contributed by atoms with van der Waals surface area (Å²) in [5.41, 5.74) is 1.30. The molecule has 126 valence electrons. The summed E-state index contributed by atoms with van der Waals surface area (Å²) in [7, 11) is -3.79. The average Bonchev–Trinajstić information content (AvgIpc) is 2.93. The number of carbonyl (C=O) groups is 1. The number of hydrogen-bond acceptors (Lipinski definition) is 6. The molecule has 0 saturated heterocycles. The lowest BCUT2D eigenvalue weighted by Gasteiger charge is -2.09. The van der Waals surface area contributed by atoms with Gasteiger partial charge in [-0.25, -0.2) is 8.42 Å². The maximum atomic E-state index is 12.4. The number of sulfonamides is 1. The number of benzene rings is 1. The third kappa shape index (κ3) is 3.46. The van der Waals surface area contributed by atoms with Gasteiger partial charge in [-0.2, -0.15) is 0 Å². The first kappa shape index (κ1) is 16.2. The Morgan fingerprint density at radius 3 is 2.62 bits per heavy atom. The van der Waals surface area contributed by atoms with Gasteiger partial charge >= 0.3 is 0 Å². The largest absolute Gasteiger partial charge is 0.369 e. The minimum Gasteiger partial charge on any atom is -0.369 e. The Hall–Kier alpha value is -2.68. The van der Waals surface area contributed by atoms with Crippen molar-refractivity contribution in [1.29, 1.82) is 0 Å². The second-order valence-corrected chi connectivity index (χ2v) is 7.06. The molecule has 0 radical (unpaired) electrons. The van der Waals surface area contributed by atoms with Gasteiger partial charge in [-0.1, -0.05) is 6.92 Å². The molecule has 1 aromatic carbocycles. The molecule has 3 N–H and O–H groups in total. The predicted molar refractivity (Wildman–Crippen MR) is 90.4 cm³/mol. The minimum atomic E-state index is -3.79. The van der Waals surface area contributed by atoms with Crippen LogP contribution < -0.4 is 15.4 Å². The van der Waals surface area contributed by atoms with Crippen molar-refractivity contribution >= 4 is 33.3 Å². The lowest BCUT2D eigenvalue weighted by Crippen LogP contribution is -2.15. The quantitative estimate of drug-likeness (QED) is 0.731. The fourth-order valence-corrected chi connectivity index (χ4v) is 3.35. The Morgan fingerprint density at radius 2 is 1.92 bits per heavy atom. The van der Waals surface area contributed by atoms with Crippen LogP contribution in [-0.2, 0) is 21.2 Å². The first-order valence-corrected chi connectivity index (χ1v) is 8.99. The smallest absolute Gasteiger partial charge is 0.263 e. The van der Waals surface area contributed by atoms with E-state index in [2.05, 4.69) is 25.6 Å². The molecule has 8 nitrogen and oxygen atoms in total. The molecule has 1 aliphatic rings. The Morgan fingerprint density at radius 1 is 1.17 bits per heavy atom. The van der Waals surface area contributed by atoms with E-state index in [1.807, 2.05) is 6.92 Å². The number of anilines is 3. The number of hydrogen-bond donors (Lipinski definition) is 3. The highest BCUT2D eigenvalue weighted by Gasteiger charge is 2.22. The van der Waals surface area contributed by atoms with Crippen molar-refractivity contribution in [3.63, 3.8) is 0 Å². The molecular weight excluding hydrogens is 330 g/mol. The van der Waals surface area contributed by atoms with Crippen molar-refractivity contribution in [1.82, 2.24) is 10.2 Å². The summed E-state index contributed by atoms with van der Waals surface area (Å²) < 4.78 is 27.3. The van der Waals surface area contributed by atoms with Gasteiger partial charge in [-0.05, 0) is 42.3 Å². The lowest BCUT2D eigenvalue weighted by atomic mass is 10.2. The van der Waals surface area contributed by atoms with Crippen LogP contribution in [-0.4, -0.2) is 31.1 Å². The first-order chi connectivity index (χ1) is 11.5. The first-order valence-electron chi connectivity index (χ1n) is 7.51. The minimum absolute atomic E-state index is 0.0766. The Bertz CT molecular complexity index is 865. The van der Waals surface area contributed by atoms with E-state index in [1.54, 1.807) is 18.2 Å². The third-order valence-electron chi connectivity index (χ3n) is 3.47. The second-order valence-electron chi connectivity index (χ2n) is 5.38. The summed E-state index contributed by atoms with van der Waals surface area (Å²) in [4.78, 5) is 11.4. The van der Waals surface area contributed by atoms with Crippen LogP contribution in [0, 0.1) is 0 Å². The average molecular weight is 347 g/mol. The molecule has 24 heavy (non-hydrogen) atoms. The molecule has 2 heterocycles. The van der Waals surface area contributed by atoms with Crippen LogP contribution >= 0.6 is 0 Å². The predicted octanol–water partition coefficient (Wildman–Crippen LogP) is 1.59. The van der Waals surface area contributed by atoms with Crippen LogP contribution in [0.2, 0.25) is 0 Å². The molecule has 2 aromatic rings. The van der Waals surface area contributed by atoms with Crippen molar-refractivity contribution in [3.05, 3.63) is 35.9 Å². The van der Waals surface area contributed by atoms with E-state index < -0.39 is 10.0 Å². The van der Waals surface area contributed by atoms with Gasteiger partial charge in [0.05, 0.1) is 11.3 Å². The summed E-state index contributed by atoms with van der Waals surface area (Å²) >= 11 is 0. The van der Waals surface area contributed by atoms with Crippen LogP contribution in [0.3, 0.4) is 0 Å². The standard InChI is InChI=1S/C15H17N5O3S/c1-2-7-16-13-5-6-14(19-18-13)20-24(22,23)11-3-4-12-10(8-11)9-15(21)17-12/h3-6,8H,2,7,9H2,1H3,(H,16,18)(H,17,21)(H,19,20). The summed E-state index contributed by atoms with van der Waals surface area (Å²) in [6.45, 7) is 2.80. The van der Waals surface area contributed by atoms with Crippen LogP contribution in [0.1, 0.15) is 18.9 Å². The zero-order chi connectivity index (χ0) is 17.2. The maximum absolute atomic E-state index is 12.4. The van der Waals surface area contributed by atoms with Crippen LogP contribution in [0.25, 0.3) is 0 Å². The highest BCUT2D eigenvalue weighted by atomic mass is 32.2. The molecule has 0 saturated carbocycles. The molecule has 0 fully saturated rings. The van der Waals surface area contributed by atoms with Gasteiger partial charge in [0.2, 0.25) is 5.91 Å². The van der Waals surface area contributed by atoms with E-state index in [9.17, 15) is 13.2 Å². The molecule has 3 rings (SSSR count). The normalized spacial score (nSPS) is 13.3. The zero-order valence-corrected chi connectivity index (χ0v) is 13.9. The van der Waals surface area contributed by atoms with Gasteiger partial charge < -0.3 is 10.6 Å². The van der Waals surface area contributed by atoms with E-state index in [1.165, 1.54) is 12.1 Å². The number of nitrogens with one attached hydrogen (secondary N) is 3. The van der Waals surface area contributed by atoms with Crippen molar-refractivity contribution < 1.29 is 13.2 Å². The van der Waals surface area contributed by atoms with Gasteiger partial charge in [0.15, 0.2) is 5.82 Å². The van der Waals surface area contributed by atoms with Crippen LogP contribution in [0.15, 0.2) is 35.2 Å². The lowest BCUT2D eigenvalue weighted by molar-refractivity contribution is -0.115. The molecule has 0 spiro atoms. The van der Waals surface area contributed by atoms with E-state index in [4.69, 9.17) is 0 Å². The topological polar surface area (TPSA) is 113 Å². The van der Waals surface area contributed by atoms with Crippen LogP contribution in [0.5, 0.6) is 0 Å². The molecule has 1 amide bonds. The molecule has 0 atom stereocenters. The van der Waals surface area contributed by atoms with Crippen molar-refractivity contribution in [3.8, 4) is 0 Å². The maximum Gasteiger partial charge on any atom is 0.263 e. The molecule has 1 aromatic heterocycles. The van der Waals surface area contributed by atoms with Gasteiger partial charge in [-0.15, -0.1) is 10.2 Å². The van der Waals surface area contributed by atoms with E-state index in [0.29, 0.717) is 17.1 Å². The van der Waals surface area contributed by atoms with E-state index in [0.717, 1.165) is 13.0 Å². The Balaban J connectivity index is 1.77. The molecule has 0 aliphatic carbocycles. The summed E-state index contributed by atoms with van der Waals surface area (Å²) in [6, 6.07) is 7.71. The third-order valence-corrected chi connectivity index (χ3v) is 4.82. The number of carbonyl (C=O) groups excluding carboxylic acids is 1. The Labute approximate surface area is 139 Å². The molecular formula is C15H17N5O3S. The van der Waals surface area contributed by atoms with Gasteiger partial charge in [-0.3, -0.25) is 9.52 Å². The SMILES string of the molecule is CCCNc1ccc(NS(=O)(=O)c2ccc3c(c2)CC(=O)N3)nn1.